The molecule has 2 amide bonds. The van der Waals surface area contributed by atoms with E-state index in [0.717, 1.165) is 26.8 Å². The Bertz CT molecular complexity index is 881. The van der Waals surface area contributed by atoms with Crippen LogP contribution in [-0.2, 0) is 4.79 Å². The van der Waals surface area contributed by atoms with Crippen LogP contribution in [0.1, 0.15) is 15.2 Å². The molecule has 1 aromatic heterocycles. The highest BCUT2D eigenvalue weighted by Gasteiger charge is 2.34. The number of hydrazine groups is 1. The zero-order chi connectivity index (χ0) is 18.0. The monoisotopic (exact) mass is 454 g/mol. The number of thioether (sulfide) groups is 1. The summed E-state index contributed by atoms with van der Waals surface area (Å²) in [7, 11) is 1.56. The van der Waals surface area contributed by atoms with Gasteiger partial charge in [-0.15, -0.1) is 11.3 Å². The van der Waals surface area contributed by atoms with Crippen LogP contribution >= 0.6 is 51.2 Å². The first-order valence-electron chi connectivity index (χ1n) is 6.95. The fourth-order valence-corrected chi connectivity index (χ4v) is 4.25. The molecule has 1 aliphatic heterocycles. The summed E-state index contributed by atoms with van der Waals surface area (Å²) in [5.74, 6) is -0.106. The fraction of sp³-hybridized carbons (Fsp3) is 0.0625. The molecule has 0 bridgehead atoms. The van der Waals surface area contributed by atoms with Crippen LogP contribution in [0.5, 0.6) is 5.75 Å². The minimum absolute atomic E-state index is 0.273. The number of thiocarbonyl (C=S) groups is 1. The first-order chi connectivity index (χ1) is 12.0. The van der Waals surface area contributed by atoms with Crippen molar-refractivity contribution < 1.29 is 14.3 Å². The lowest BCUT2D eigenvalue weighted by Gasteiger charge is -2.14. The second kappa shape index (κ2) is 7.69. The van der Waals surface area contributed by atoms with E-state index in [4.69, 9.17) is 17.0 Å². The van der Waals surface area contributed by atoms with Crippen LogP contribution < -0.4 is 10.2 Å². The predicted octanol–water partition coefficient (Wildman–Crippen LogP) is 4.07. The van der Waals surface area contributed by atoms with Gasteiger partial charge in [-0.3, -0.25) is 15.0 Å². The van der Waals surface area contributed by atoms with Crippen LogP contribution in [0.4, 0.5) is 0 Å². The Morgan fingerprint density at radius 2 is 2.20 bits per heavy atom. The van der Waals surface area contributed by atoms with Gasteiger partial charge in [-0.05, 0) is 47.9 Å². The number of benzene rings is 1. The van der Waals surface area contributed by atoms with Crippen molar-refractivity contribution in [2.24, 2.45) is 0 Å². The van der Waals surface area contributed by atoms with Crippen molar-refractivity contribution in [3.63, 3.8) is 0 Å². The summed E-state index contributed by atoms with van der Waals surface area (Å²) < 4.78 is 6.45. The first kappa shape index (κ1) is 18.1. The molecule has 128 valence electrons. The maximum Gasteiger partial charge on any atom is 0.285 e. The van der Waals surface area contributed by atoms with E-state index in [0.29, 0.717) is 15.5 Å². The van der Waals surface area contributed by atoms with E-state index < -0.39 is 0 Å². The van der Waals surface area contributed by atoms with Gasteiger partial charge in [-0.25, -0.2) is 0 Å². The molecule has 5 nitrogen and oxygen atoms in total. The fourth-order valence-electron chi connectivity index (χ4n) is 2.09. The highest BCUT2D eigenvalue weighted by Crippen LogP contribution is 2.34. The van der Waals surface area contributed by atoms with E-state index >= 15 is 0 Å². The Hall–Kier alpha value is -1.68. The number of halogens is 1. The van der Waals surface area contributed by atoms with E-state index in [-0.39, 0.29) is 16.1 Å². The maximum atomic E-state index is 12.6. The van der Waals surface area contributed by atoms with Gasteiger partial charge in [0, 0.05) is 10.0 Å². The zero-order valence-corrected chi connectivity index (χ0v) is 16.9. The van der Waals surface area contributed by atoms with Crippen molar-refractivity contribution in [1.82, 2.24) is 10.4 Å². The largest absolute Gasteiger partial charge is 0.496 e. The number of thiophene rings is 1. The van der Waals surface area contributed by atoms with Crippen molar-refractivity contribution in [3.8, 4) is 5.75 Å². The second-order valence-electron chi connectivity index (χ2n) is 4.82. The first-order valence-corrected chi connectivity index (χ1v) is 9.85. The summed E-state index contributed by atoms with van der Waals surface area (Å²) in [6.45, 7) is 0. The Kier molecular flexibility index (Phi) is 5.57. The minimum atomic E-state index is -0.373. The molecule has 1 aromatic carbocycles. The van der Waals surface area contributed by atoms with Crippen molar-refractivity contribution in [3.05, 3.63) is 55.5 Å². The van der Waals surface area contributed by atoms with Crippen LogP contribution in [-0.4, -0.2) is 28.3 Å². The zero-order valence-electron chi connectivity index (χ0n) is 12.8. The molecule has 0 aliphatic carbocycles. The van der Waals surface area contributed by atoms with Gasteiger partial charge < -0.3 is 4.74 Å². The van der Waals surface area contributed by atoms with Crippen molar-refractivity contribution in [2.45, 2.75) is 0 Å². The lowest BCUT2D eigenvalue weighted by Crippen LogP contribution is -2.44. The van der Waals surface area contributed by atoms with Gasteiger partial charge in [0.25, 0.3) is 11.8 Å². The average Bonchev–Trinajstić information content (AvgIpc) is 3.20. The molecule has 0 unspecified atom stereocenters. The van der Waals surface area contributed by atoms with Gasteiger partial charge in [-0.2, -0.15) is 5.01 Å². The number of nitrogens with one attached hydrogen (secondary N) is 1. The molecule has 0 radical (unpaired) electrons. The summed E-state index contributed by atoms with van der Waals surface area (Å²) in [5, 5.41) is 2.89. The number of methoxy groups -OCH3 is 1. The number of hydrogen-bond donors (Lipinski definition) is 1. The van der Waals surface area contributed by atoms with Crippen LogP contribution in [0.15, 0.2) is 45.1 Å². The molecular weight excluding hydrogens is 444 g/mol. The Morgan fingerprint density at radius 1 is 1.40 bits per heavy atom. The lowest BCUT2D eigenvalue weighted by atomic mass is 10.2. The summed E-state index contributed by atoms with van der Waals surface area (Å²) >= 11 is 11.0. The van der Waals surface area contributed by atoms with Gasteiger partial charge in [0.1, 0.15) is 5.75 Å². The third kappa shape index (κ3) is 3.95. The van der Waals surface area contributed by atoms with Crippen molar-refractivity contribution in [1.29, 1.82) is 0 Å². The number of nitrogens with zero attached hydrogens (tertiary/aromatic N) is 1. The van der Waals surface area contributed by atoms with E-state index in [1.54, 1.807) is 36.8 Å². The molecule has 25 heavy (non-hydrogen) atoms. The highest BCUT2D eigenvalue weighted by atomic mass is 79.9. The van der Waals surface area contributed by atoms with E-state index in [2.05, 4.69) is 21.4 Å². The summed E-state index contributed by atoms with van der Waals surface area (Å²) in [6, 6.07) is 8.94. The smallest absolute Gasteiger partial charge is 0.285 e. The Balaban J connectivity index is 1.84. The molecule has 0 saturated carbocycles. The summed E-state index contributed by atoms with van der Waals surface area (Å²) in [6.07, 6.45) is 1.69. The van der Waals surface area contributed by atoms with Gasteiger partial charge in [0.05, 0.1) is 16.9 Å². The standard InChI is InChI=1S/C16H11BrN2O3S3/c1-22-11-5-4-10(17)7-9(11)8-13-15(21)19(16(23)25-13)18-14(20)12-3-2-6-24-12/h2-8H,1H3,(H,18,20)/b13-8+. The third-order valence-corrected chi connectivity index (χ3v) is 5.89. The van der Waals surface area contributed by atoms with Crippen molar-refractivity contribution >= 4 is 73.5 Å². The van der Waals surface area contributed by atoms with E-state index in [9.17, 15) is 9.59 Å². The molecule has 1 fully saturated rings. The van der Waals surface area contributed by atoms with Gasteiger partial charge in [0.15, 0.2) is 4.32 Å². The van der Waals surface area contributed by atoms with Crippen LogP contribution in [0, 0.1) is 0 Å². The number of rotatable bonds is 4. The minimum Gasteiger partial charge on any atom is -0.496 e. The summed E-state index contributed by atoms with van der Waals surface area (Å²) in [5.41, 5.74) is 3.29. The SMILES string of the molecule is COc1ccc(Br)cc1/C=C1/SC(=S)N(NC(=O)c2cccs2)C1=O. The normalized spacial score (nSPS) is 15.8. The highest BCUT2D eigenvalue weighted by molar-refractivity contribution is 9.10. The molecule has 2 heterocycles. The number of ether oxygens (including phenoxy) is 1. The average molecular weight is 455 g/mol. The van der Waals surface area contributed by atoms with Crippen LogP contribution in [0.3, 0.4) is 0 Å². The molecule has 2 aromatic rings. The maximum absolute atomic E-state index is 12.6. The molecular formula is C16H11BrN2O3S3. The topological polar surface area (TPSA) is 58.6 Å². The lowest BCUT2D eigenvalue weighted by molar-refractivity contribution is -0.123. The van der Waals surface area contributed by atoms with Gasteiger partial charge in [0.2, 0.25) is 0 Å². The second-order valence-corrected chi connectivity index (χ2v) is 8.36. The van der Waals surface area contributed by atoms with Crippen molar-refractivity contribution in [2.75, 3.05) is 7.11 Å². The number of carbonyl (C=O) groups excluding carboxylic acids is 2. The van der Waals surface area contributed by atoms with Crippen LogP contribution in [0.2, 0.25) is 0 Å². The van der Waals surface area contributed by atoms with E-state index in [1.165, 1.54) is 11.3 Å². The molecule has 0 atom stereocenters. The van der Waals surface area contributed by atoms with Gasteiger partial charge >= 0.3 is 0 Å². The molecule has 3 rings (SSSR count). The Labute approximate surface area is 166 Å². The molecule has 0 spiro atoms. The molecule has 1 aliphatic rings. The molecule has 1 N–H and O–H groups in total. The number of carbonyl (C=O) groups is 2. The number of amides is 2. The van der Waals surface area contributed by atoms with Crippen LogP contribution in [0.25, 0.3) is 6.08 Å². The summed E-state index contributed by atoms with van der Waals surface area (Å²) in [4.78, 5) is 25.7. The predicted molar refractivity (Wildman–Crippen MR) is 107 cm³/mol. The third-order valence-electron chi connectivity index (χ3n) is 3.23. The Morgan fingerprint density at radius 3 is 2.88 bits per heavy atom. The van der Waals surface area contributed by atoms with Gasteiger partial charge in [-0.1, -0.05) is 33.8 Å². The number of hydrogen-bond acceptors (Lipinski definition) is 6. The molecule has 1 saturated heterocycles. The quantitative estimate of drug-likeness (QED) is 0.557. The van der Waals surface area contributed by atoms with E-state index in [1.807, 2.05) is 12.1 Å². The molecule has 9 heteroatoms.